The quantitative estimate of drug-likeness (QED) is 0.681. The largest absolute Gasteiger partial charge is 0.440 e. The molecule has 0 heterocycles. The third-order valence-electron chi connectivity index (χ3n) is 2.82. The topological polar surface area (TPSA) is 72.6 Å². The first kappa shape index (κ1) is 10.3. The van der Waals surface area contributed by atoms with E-state index in [-0.39, 0.29) is 0 Å². The van der Waals surface area contributed by atoms with E-state index in [1.54, 1.807) is 13.8 Å². The highest BCUT2D eigenvalue weighted by Gasteiger charge is 2.49. The number of aliphatic hydroxyl groups is 1. The number of nitrogens with two attached hydrogens (primary N) is 1. The van der Waals surface area contributed by atoms with E-state index >= 15 is 0 Å². The summed E-state index contributed by atoms with van der Waals surface area (Å²) in [6, 6.07) is 0. The smallest absolute Gasteiger partial charge is 0.405 e. The molecule has 0 radical (unpaired) electrons. The maximum atomic E-state index is 10.7. The molecule has 0 aromatic rings. The Hall–Kier alpha value is -0.770. The molecule has 0 unspecified atom stereocenters. The minimum atomic E-state index is -1.02. The number of primary amides is 1. The summed E-state index contributed by atoms with van der Waals surface area (Å²) in [5.74, 6) is 0. The molecule has 1 fully saturated rings. The number of hydrogen-bond donors (Lipinski definition) is 2. The van der Waals surface area contributed by atoms with Gasteiger partial charge in [0.15, 0.2) is 0 Å². The van der Waals surface area contributed by atoms with Crippen LogP contribution < -0.4 is 5.73 Å². The zero-order valence-corrected chi connectivity index (χ0v) is 8.17. The molecule has 0 atom stereocenters. The van der Waals surface area contributed by atoms with Gasteiger partial charge < -0.3 is 15.6 Å². The van der Waals surface area contributed by atoms with Gasteiger partial charge in [-0.1, -0.05) is 0 Å². The molecular formula is C9H17NO3. The molecule has 0 aliphatic heterocycles. The minimum Gasteiger partial charge on any atom is -0.440 e. The van der Waals surface area contributed by atoms with Gasteiger partial charge in [-0.25, -0.2) is 4.79 Å². The van der Waals surface area contributed by atoms with Crippen LogP contribution in [0, 0.1) is 0 Å². The molecule has 76 valence electrons. The Kier molecular flexibility index (Phi) is 2.52. The van der Waals surface area contributed by atoms with Crippen LogP contribution in [0.3, 0.4) is 0 Å². The van der Waals surface area contributed by atoms with Crippen molar-refractivity contribution in [3.05, 3.63) is 0 Å². The Morgan fingerprint density at radius 1 is 1.46 bits per heavy atom. The number of carbonyl (C=O) groups is 1. The summed E-state index contributed by atoms with van der Waals surface area (Å²) in [6.07, 6.45) is 2.52. The van der Waals surface area contributed by atoms with Crippen LogP contribution in [-0.2, 0) is 4.74 Å². The van der Waals surface area contributed by atoms with Crippen LogP contribution in [0.1, 0.15) is 39.5 Å². The number of hydrogen-bond acceptors (Lipinski definition) is 3. The van der Waals surface area contributed by atoms with Gasteiger partial charge in [-0.15, -0.1) is 0 Å². The van der Waals surface area contributed by atoms with Crippen molar-refractivity contribution in [2.75, 3.05) is 0 Å². The van der Waals surface area contributed by atoms with Crippen molar-refractivity contribution in [2.45, 2.75) is 50.7 Å². The molecular weight excluding hydrogens is 170 g/mol. The normalized spacial score (nSPS) is 21.5. The van der Waals surface area contributed by atoms with Gasteiger partial charge in [0, 0.05) is 0 Å². The molecule has 1 saturated carbocycles. The molecule has 4 heteroatoms. The summed E-state index contributed by atoms with van der Waals surface area (Å²) < 4.78 is 5.05. The maximum Gasteiger partial charge on any atom is 0.405 e. The van der Waals surface area contributed by atoms with Gasteiger partial charge >= 0.3 is 6.09 Å². The lowest BCUT2D eigenvalue weighted by molar-refractivity contribution is -0.127. The lowest BCUT2D eigenvalue weighted by atomic mass is 9.84. The van der Waals surface area contributed by atoms with E-state index in [2.05, 4.69) is 0 Å². The van der Waals surface area contributed by atoms with E-state index < -0.39 is 17.3 Å². The molecule has 1 amide bonds. The van der Waals surface area contributed by atoms with Crippen molar-refractivity contribution in [1.29, 1.82) is 0 Å². The lowest BCUT2D eigenvalue weighted by Crippen LogP contribution is -2.52. The zero-order valence-electron chi connectivity index (χ0n) is 8.17. The van der Waals surface area contributed by atoms with Crippen molar-refractivity contribution >= 4 is 6.09 Å². The van der Waals surface area contributed by atoms with E-state index in [0.29, 0.717) is 12.8 Å². The van der Waals surface area contributed by atoms with Crippen molar-refractivity contribution in [3.63, 3.8) is 0 Å². The SMILES string of the molecule is CC(C)(O)C1(OC(N)=O)CCCC1. The van der Waals surface area contributed by atoms with Crippen molar-refractivity contribution in [2.24, 2.45) is 5.73 Å². The van der Waals surface area contributed by atoms with E-state index in [1.807, 2.05) is 0 Å². The Morgan fingerprint density at radius 2 is 1.92 bits per heavy atom. The van der Waals surface area contributed by atoms with Gasteiger partial charge in [0.2, 0.25) is 0 Å². The average Bonchev–Trinajstić information content (AvgIpc) is 2.33. The van der Waals surface area contributed by atoms with E-state index in [0.717, 1.165) is 12.8 Å². The Balaban J connectivity index is 2.81. The third-order valence-corrected chi connectivity index (χ3v) is 2.82. The number of rotatable bonds is 2. The van der Waals surface area contributed by atoms with Gasteiger partial charge in [-0.3, -0.25) is 0 Å². The predicted molar refractivity (Wildman–Crippen MR) is 48.2 cm³/mol. The summed E-state index contributed by atoms with van der Waals surface area (Å²) in [6.45, 7) is 3.31. The summed E-state index contributed by atoms with van der Waals surface area (Å²) in [5.41, 5.74) is 3.20. The summed E-state index contributed by atoms with van der Waals surface area (Å²) in [5, 5.41) is 9.88. The first-order chi connectivity index (χ1) is 5.87. The van der Waals surface area contributed by atoms with Crippen molar-refractivity contribution < 1.29 is 14.6 Å². The highest BCUT2D eigenvalue weighted by Crippen LogP contribution is 2.41. The molecule has 0 spiro atoms. The Morgan fingerprint density at radius 3 is 2.23 bits per heavy atom. The Bertz CT molecular complexity index is 201. The van der Waals surface area contributed by atoms with Gasteiger partial charge in [-0.2, -0.15) is 0 Å². The van der Waals surface area contributed by atoms with Crippen LogP contribution in [0.2, 0.25) is 0 Å². The second-order valence-electron chi connectivity index (χ2n) is 4.18. The van der Waals surface area contributed by atoms with Crippen LogP contribution >= 0.6 is 0 Å². The minimum absolute atomic E-state index is 0.694. The second kappa shape index (κ2) is 3.18. The fourth-order valence-corrected chi connectivity index (χ4v) is 1.98. The molecule has 1 aliphatic rings. The molecule has 0 aromatic heterocycles. The molecule has 0 bridgehead atoms. The predicted octanol–water partition coefficient (Wildman–Crippen LogP) is 1.17. The molecule has 13 heavy (non-hydrogen) atoms. The number of carbonyl (C=O) groups excluding carboxylic acids is 1. The van der Waals surface area contributed by atoms with Crippen LogP contribution in [0.4, 0.5) is 4.79 Å². The van der Waals surface area contributed by atoms with Crippen molar-refractivity contribution in [1.82, 2.24) is 0 Å². The van der Waals surface area contributed by atoms with Crippen LogP contribution in [-0.4, -0.2) is 22.4 Å². The van der Waals surface area contributed by atoms with E-state index in [1.165, 1.54) is 0 Å². The molecule has 3 N–H and O–H groups in total. The first-order valence-electron chi connectivity index (χ1n) is 4.58. The van der Waals surface area contributed by atoms with E-state index in [4.69, 9.17) is 10.5 Å². The fourth-order valence-electron chi connectivity index (χ4n) is 1.98. The van der Waals surface area contributed by atoms with Crippen LogP contribution in [0.5, 0.6) is 0 Å². The van der Waals surface area contributed by atoms with Crippen molar-refractivity contribution in [3.8, 4) is 0 Å². The maximum absolute atomic E-state index is 10.7. The molecule has 1 aliphatic carbocycles. The Labute approximate surface area is 78.1 Å². The summed E-state index contributed by atoms with van der Waals surface area (Å²) in [4.78, 5) is 10.7. The number of ether oxygens (including phenoxy) is 1. The molecule has 1 rings (SSSR count). The highest BCUT2D eigenvalue weighted by atomic mass is 16.6. The summed E-state index contributed by atoms with van der Waals surface area (Å²) >= 11 is 0. The highest BCUT2D eigenvalue weighted by molar-refractivity contribution is 5.65. The summed E-state index contributed by atoms with van der Waals surface area (Å²) in [7, 11) is 0. The fraction of sp³-hybridized carbons (Fsp3) is 0.889. The average molecular weight is 187 g/mol. The second-order valence-corrected chi connectivity index (χ2v) is 4.18. The molecule has 0 saturated heterocycles. The lowest BCUT2D eigenvalue weighted by Gasteiger charge is -2.38. The molecule has 0 aromatic carbocycles. The van der Waals surface area contributed by atoms with Crippen LogP contribution in [0.15, 0.2) is 0 Å². The van der Waals surface area contributed by atoms with Gasteiger partial charge in [0.05, 0.1) is 5.60 Å². The monoisotopic (exact) mass is 187 g/mol. The third kappa shape index (κ3) is 1.94. The first-order valence-corrected chi connectivity index (χ1v) is 4.58. The van der Waals surface area contributed by atoms with Gasteiger partial charge in [0.25, 0.3) is 0 Å². The number of amides is 1. The molecule has 4 nitrogen and oxygen atoms in total. The standard InChI is InChI=1S/C9H17NO3/c1-8(2,12)9(13-7(10)11)5-3-4-6-9/h12H,3-6H2,1-2H3,(H2,10,11). The zero-order chi connectivity index (χ0) is 10.1. The van der Waals surface area contributed by atoms with E-state index in [9.17, 15) is 9.90 Å². The van der Waals surface area contributed by atoms with Gasteiger partial charge in [-0.05, 0) is 39.5 Å². The van der Waals surface area contributed by atoms with Gasteiger partial charge in [0.1, 0.15) is 5.60 Å². The van der Waals surface area contributed by atoms with Crippen LogP contribution in [0.25, 0.3) is 0 Å².